The minimum Gasteiger partial charge on any atom is -0.380 e. The maximum atomic E-state index is 12.9. The molecule has 1 N–H and O–H groups in total. The van der Waals surface area contributed by atoms with Crippen molar-refractivity contribution in [1.29, 1.82) is 0 Å². The van der Waals surface area contributed by atoms with Crippen LogP contribution in [0, 0.1) is 0 Å². The van der Waals surface area contributed by atoms with Gasteiger partial charge in [0.15, 0.2) is 0 Å². The molecule has 0 unspecified atom stereocenters. The third-order valence-corrected chi connectivity index (χ3v) is 5.25. The lowest BCUT2D eigenvalue weighted by Crippen LogP contribution is -2.24. The van der Waals surface area contributed by atoms with Gasteiger partial charge in [-0.1, -0.05) is 30.3 Å². The summed E-state index contributed by atoms with van der Waals surface area (Å²) in [6, 6.07) is 11.8. The fraction of sp³-hybridized carbons (Fsp3) is 0.250. The van der Waals surface area contributed by atoms with Gasteiger partial charge in [-0.25, -0.2) is 12.7 Å². The van der Waals surface area contributed by atoms with Gasteiger partial charge < -0.3 is 5.32 Å². The summed E-state index contributed by atoms with van der Waals surface area (Å²) in [5, 5.41) is 2.90. The molecule has 0 heterocycles. The van der Waals surface area contributed by atoms with Crippen LogP contribution in [0.3, 0.4) is 0 Å². The van der Waals surface area contributed by atoms with E-state index in [1.54, 1.807) is 0 Å². The lowest BCUT2D eigenvalue weighted by molar-refractivity contribution is -0.137. The van der Waals surface area contributed by atoms with E-state index in [1.807, 2.05) is 30.3 Å². The summed E-state index contributed by atoms with van der Waals surface area (Å²) >= 11 is 0. The second-order valence-corrected chi connectivity index (χ2v) is 7.46. The van der Waals surface area contributed by atoms with E-state index in [4.69, 9.17) is 0 Å². The van der Waals surface area contributed by atoms with Crippen LogP contribution < -0.4 is 5.32 Å². The summed E-state index contributed by atoms with van der Waals surface area (Å²) < 4.78 is 64.3. The van der Waals surface area contributed by atoms with Crippen LogP contribution >= 0.6 is 0 Å². The van der Waals surface area contributed by atoms with Crippen molar-refractivity contribution in [3.8, 4) is 0 Å². The van der Waals surface area contributed by atoms with E-state index < -0.39 is 26.7 Å². The predicted molar refractivity (Wildman–Crippen MR) is 86.1 cm³/mol. The van der Waals surface area contributed by atoms with Crippen molar-refractivity contribution < 1.29 is 21.6 Å². The van der Waals surface area contributed by atoms with E-state index in [0.717, 1.165) is 22.0 Å². The highest BCUT2D eigenvalue weighted by Crippen LogP contribution is 2.34. The molecule has 0 radical (unpaired) electrons. The van der Waals surface area contributed by atoms with Crippen molar-refractivity contribution in [2.24, 2.45) is 0 Å². The molecule has 8 heteroatoms. The summed E-state index contributed by atoms with van der Waals surface area (Å²) in [5.41, 5.74) is -0.000613. The summed E-state index contributed by atoms with van der Waals surface area (Å²) in [4.78, 5) is -0.404. The van der Waals surface area contributed by atoms with Crippen molar-refractivity contribution in [3.05, 3.63) is 59.7 Å². The van der Waals surface area contributed by atoms with Gasteiger partial charge in [0.25, 0.3) is 0 Å². The van der Waals surface area contributed by atoms with Crippen molar-refractivity contribution in [3.63, 3.8) is 0 Å². The molecule has 0 bridgehead atoms. The molecule has 130 valence electrons. The van der Waals surface area contributed by atoms with Crippen LogP contribution in [-0.4, -0.2) is 26.8 Å². The van der Waals surface area contributed by atoms with Crippen LogP contribution in [0.15, 0.2) is 53.4 Å². The van der Waals surface area contributed by atoms with Crippen LogP contribution in [0.1, 0.15) is 11.1 Å². The van der Waals surface area contributed by atoms with Gasteiger partial charge in [0.05, 0.1) is 11.3 Å². The number of nitrogens with one attached hydrogen (secondary N) is 1. The van der Waals surface area contributed by atoms with E-state index in [1.165, 1.54) is 14.1 Å². The first-order chi connectivity index (χ1) is 11.1. The van der Waals surface area contributed by atoms with Gasteiger partial charge in [0.1, 0.15) is 4.90 Å². The molecule has 0 amide bonds. The van der Waals surface area contributed by atoms with Gasteiger partial charge >= 0.3 is 6.18 Å². The second-order valence-electron chi connectivity index (χ2n) is 5.34. The standard InChI is InChI=1S/C16H17F3N2O2S/c1-21(2)24(22,23)15-10-13(16(17,18)19)8-9-14(15)20-11-12-6-4-3-5-7-12/h3-10,20H,11H2,1-2H3. The van der Waals surface area contributed by atoms with Crippen LogP contribution in [0.5, 0.6) is 0 Å². The number of hydrogen-bond acceptors (Lipinski definition) is 3. The van der Waals surface area contributed by atoms with E-state index >= 15 is 0 Å². The summed E-state index contributed by atoms with van der Waals surface area (Å²) in [7, 11) is -1.48. The molecule has 24 heavy (non-hydrogen) atoms. The summed E-state index contributed by atoms with van der Waals surface area (Å²) in [5.74, 6) is 0. The fourth-order valence-electron chi connectivity index (χ4n) is 2.05. The highest BCUT2D eigenvalue weighted by Gasteiger charge is 2.33. The first kappa shape index (κ1) is 18.3. The molecule has 0 fully saturated rings. The summed E-state index contributed by atoms with van der Waals surface area (Å²) in [6.07, 6.45) is -4.62. The Kier molecular flexibility index (Phi) is 5.19. The van der Waals surface area contributed by atoms with Crippen molar-refractivity contribution >= 4 is 15.7 Å². The number of nitrogens with zero attached hydrogens (tertiary/aromatic N) is 1. The van der Waals surface area contributed by atoms with Crippen molar-refractivity contribution in [2.75, 3.05) is 19.4 Å². The van der Waals surface area contributed by atoms with Crippen LogP contribution in [0.4, 0.5) is 18.9 Å². The smallest absolute Gasteiger partial charge is 0.380 e. The molecule has 2 aromatic carbocycles. The van der Waals surface area contributed by atoms with Gasteiger partial charge in [-0.3, -0.25) is 0 Å². The van der Waals surface area contributed by atoms with Gasteiger partial charge in [-0.15, -0.1) is 0 Å². The number of anilines is 1. The maximum Gasteiger partial charge on any atom is 0.416 e. The SMILES string of the molecule is CN(C)S(=O)(=O)c1cc(C(F)(F)F)ccc1NCc1ccccc1. The minimum absolute atomic E-state index is 0.126. The minimum atomic E-state index is -4.62. The predicted octanol–water partition coefficient (Wildman–Crippen LogP) is 3.57. The number of alkyl halides is 3. The number of halogens is 3. The summed E-state index contributed by atoms with van der Waals surface area (Å²) in [6.45, 7) is 0.294. The molecule has 0 saturated carbocycles. The topological polar surface area (TPSA) is 49.4 Å². The molecule has 4 nitrogen and oxygen atoms in total. The molecular formula is C16H17F3N2O2S. The van der Waals surface area contributed by atoms with Gasteiger partial charge in [-0.2, -0.15) is 13.2 Å². The zero-order chi connectivity index (χ0) is 18.0. The highest BCUT2D eigenvalue weighted by atomic mass is 32.2. The molecule has 0 aromatic heterocycles. The van der Waals surface area contributed by atoms with E-state index in [0.29, 0.717) is 12.6 Å². The Morgan fingerprint density at radius 2 is 1.67 bits per heavy atom. The third kappa shape index (κ3) is 4.07. The number of hydrogen-bond donors (Lipinski definition) is 1. The normalized spacial score (nSPS) is 12.4. The Balaban J connectivity index is 2.43. The fourth-order valence-corrected chi connectivity index (χ4v) is 3.14. The molecule has 0 atom stereocenters. The van der Waals surface area contributed by atoms with Gasteiger partial charge in [0, 0.05) is 20.6 Å². The third-order valence-electron chi connectivity index (χ3n) is 3.39. The lowest BCUT2D eigenvalue weighted by Gasteiger charge is -2.18. The quantitative estimate of drug-likeness (QED) is 0.889. The average Bonchev–Trinajstić information content (AvgIpc) is 2.52. The number of benzene rings is 2. The van der Waals surface area contributed by atoms with Gasteiger partial charge in [0.2, 0.25) is 10.0 Å². The van der Waals surface area contributed by atoms with E-state index in [-0.39, 0.29) is 5.69 Å². The zero-order valence-electron chi connectivity index (χ0n) is 13.1. The van der Waals surface area contributed by atoms with E-state index in [2.05, 4.69) is 5.32 Å². The first-order valence-corrected chi connectivity index (χ1v) is 8.48. The maximum absolute atomic E-state index is 12.9. The second kappa shape index (κ2) is 6.82. The zero-order valence-corrected chi connectivity index (χ0v) is 13.9. The number of rotatable bonds is 5. The highest BCUT2D eigenvalue weighted by molar-refractivity contribution is 7.89. The Hall–Kier alpha value is -2.06. The largest absolute Gasteiger partial charge is 0.416 e. The molecule has 0 aliphatic heterocycles. The monoisotopic (exact) mass is 358 g/mol. The Bertz CT molecular complexity index is 804. The molecular weight excluding hydrogens is 341 g/mol. The van der Waals surface area contributed by atoms with Crippen LogP contribution in [-0.2, 0) is 22.7 Å². The average molecular weight is 358 g/mol. The van der Waals surface area contributed by atoms with Crippen LogP contribution in [0.2, 0.25) is 0 Å². The molecule has 0 spiro atoms. The molecule has 0 aliphatic carbocycles. The number of sulfonamides is 1. The molecule has 2 rings (SSSR count). The Morgan fingerprint density at radius 1 is 1.04 bits per heavy atom. The van der Waals surface area contributed by atoms with Crippen molar-refractivity contribution in [1.82, 2.24) is 4.31 Å². The van der Waals surface area contributed by atoms with Crippen molar-refractivity contribution in [2.45, 2.75) is 17.6 Å². The first-order valence-electron chi connectivity index (χ1n) is 7.04. The molecule has 0 saturated heterocycles. The van der Waals surface area contributed by atoms with E-state index in [9.17, 15) is 21.6 Å². The molecule has 2 aromatic rings. The molecule has 0 aliphatic rings. The van der Waals surface area contributed by atoms with Gasteiger partial charge in [-0.05, 0) is 23.8 Å². The Morgan fingerprint density at radius 3 is 2.21 bits per heavy atom. The lowest BCUT2D eigenvalue weighted by atomic mass is 10.2. The Labute approximate surface area is 139 Å². The van der Waals surface area contributed by atoms with Crippen LogP contribution in [0.25, 0.3) is 0 Å².